The van der Waals surface area contributed by atoms with Crippen LogP contribution in [-0.4, -0.2) is 44.8 Å². The Hall–Kier alpha value is -3.39. The minimum atomic E-state index is -0.678. The van der Waals surface area contributed by atoms with Gasteiger partial charge in [0.25, 0.3) is 5.91 Å². The highest BCUT2D eigenvalue weighted by Gasteiger charge is 2.23. The van der Waals surface area contributed by atoms with Gasteiger partial charge < -0.3 is 24.3 Å². The van der Waals surface area contributed by atoms with Gasteiger partial charge in [0, 0.05) is 12.3 Å². The lowest BCUT2D eigenvalue weighted by Gasteiger charge is -2.12. The second kappa shape index (κ2) is 9.20. The molecule has 29 heavy (non-hydrogen) atoms. The summed E-state index contributed by atoms with van der Waals surface area (Å²) in [4.78, 5) is 35.9. The van der Waals surface area contributed by atoms with Crippen LogP contribution in [0, 0.1) is 0 Å². The fourth-order valence-electron chi connectivity index (χ4n) is 2.90. The molecular weight excluding hydrogens is 378 g/mol. The van der Waals surface area contributed by atoms with Crippen molar-refractivity contribution in [2.24, 2.45) is 0 Å². The number of hydrogen-bond acceptors (Lipinski definition) is 7. The molecule has 0 saturated carbocycles. The minimum Gasteiger partial charge on any atom is -0.465 e. The van der Waals surface area contributed by atoms with Crippen LogP contribution in [-0.2, 0) is 19.0 Å². The third-order valence-electron chi connectivity index (χ3n) is 4.38. The Morgan fingerprint density at radius 2 is 1.59 bits per heavy atom. The number of ether oxygens (including phenoxy) is 4. The summed E-state index contributed by atoms with van der Waals surface area (Å²) in [7, 11) is 2.45. The van der Waals surface area contributed by atoms with Gasteiger partial charge in [0.2, 0.25) is 0 Å². The van der Waals surface area contributed by atoms with Gasteiger partial charge >= 0.3 is 11.9 Å². The van der Waals surface area contributed by atoms with E-state index >= 15 is 0 Å². The van der Waals surface area contributed by atoms with Crippen LogP contribution in [0.3, 0.4) is 0 Å². The van der Waals surface area contributed by atoms with Crippen LogP contribution in [0.5, 0.6) is 11.5 Å². The van der Waals surface area contributed by atoms with Crippen LogP contribution >= 0.6 is 0 Å². The smallest absolute Gasteiger partial charge is 0.338 e. The van der Waals surface area contributed by atoms with Crippen molar-refractivity contribution in [3.63, 3.8) is 0 Å². The zero-order valence-electron chi connectivity index (χ0n) is 16.1. The van der Waals surface area contributed by atoms with Gasteiger partial charge in [0.15, 0.2) is 0 Å². The maximum Gasteiger partial charge on any atom is 0.338 e. The van der Waals surface area contributed by atoms with E-state index in [9.17, 15) is 14.4 Å². The number of nitrogens with one attached hydrogen (secondary N) is 1. The lowest BCUT2D eigenvalue weighted by molar-refractivity contribution is -0.124. The third kappa shape index (κ3) is 4.91. The number of amides is 1. The van der Waals surface area contributed by atoms with Crippen molar-refractivity contribution in [2.45, 2.75) is 18.9 Å². The summed E-state index contributed by atoms with van der Waals surface area (Å²) < 4.78 is 20.5. The molecule has 0 aromatic heterocycles. The summed E-state index contributed by atoms with van der Waals surface area (Å²) >= 11 is 0. The Morgan fingerprint density at radius 3 is 2.21 bits per heavy atom. The van der Waals surface area contributed by atoms with E-state index in [0.29, 0.717) is 23.8 Å². The van der Waals surface area contributed by atoms with Crippen molar-refractivity contribution in [3.05, 3.63) is 53.6 Å². The van der Waals surface area contributed by atoms with Gasteiger partial charge in [-0.3, -0.25) is 4.79 Å². The molecule has 0 unspecified atom stereocenters. The molecule has 152 valence electrons. The lowest BCUT2D eigenvalue weighted by atomic mass is 10.1. The molecule has 0 radical (unpaired) electrons. The molecule has 3 rings (SSSR count). The van der Waals surface area contributed by atoms with Crippen molar-refractivity contribution in [2.75, 3.05) is 26.1 Å². The number of rotatable bonds is 6. The quantitative estimate of drug-likeness (QED) is 0.745. The Kier molecular flexibility index (Phi) is 6.46. The van der Waals surface area contributed by atoms with Gasteiger partial charge in [-0.25, -0.2) is 9.59 Å². The maximum absolute atomic E-state index is 12.1. The third-order valence-corrected chi connectivity index (χ3v) is 4.38. The standard InChI is InChI=1S/C21H21NO7/c1-26-20(24)16-10-9-15(12-17(16)21(25)27-2)29-14-7-5-13(6-8-14)22-19(23)18-4-3-11-28-18/h5-10,12,18H,3-4,11H2,1-2H3,(H,22,23)/t18-/m1/s1. The molecule has 1 fully saturated rings. The Labute approximate surface area is 167 Å². The van der Waals surface area contributed by atoms with Crippen molar-refractivity contribution >= 4 is 23.5 Å². The van der Waals surface area contributed by atoms with Crippen LogP contribution < -0.4 is 10.1 Å². The van der Waals surface area contributed by atoms with E-state index in [0.717, 1.165) is 12.8 Å². The second-order valence-electron chi connectivity index (χ2n) is 6.31. The molecule has 1 atom stereocenters. The zero-order chi connectivity index (χ0) is 20.8. The average Bonchev–Trinajstić information content (AvgIpc) is 3.29. The molecule has 1 saturated heterocycles. The summed E-state index contributed by atoms with van der Waals surface area (Å²) in [5, 5.41) is 2.80. The minimum absolute atomic E-state index is 0.0392. The van der Waals surface area contributed by atoms with Crippen LogP contribution in [0.25, 0.3) is 0 Å². The molecule has 2 aromatic carbocycles. The highest BCUT2D eigenvalue weighted by atomic mass is 16.5. The van der Waals surface area contributed by atoms with E-state index in [1.807, 2.05) is 0 Å². The summed E-state index contributed by atoms with van der Waals surface area (Å²) in [5.74, 6) is -0.667. The highest BCUT2D eigenvalue weighted by Crippen LogP contribution is 2.26. The van der Waals surface area contributed by atoms with Crippen LogP contribution in [0.2, 0.25) is 0 Å². The van der Waals surface area contributed by atoms with E-state index in [2.05, 4.69) is 10.1 Å². The lowest BCUT2D eigenvalue weighted by Crippen LogP contribution is -2.26. The first-order chi connectivity index (χ1) is 14.0. The number of esters is 2. The van der Waals surface area contributed by atoms with E-state index in [1.54, 1.807) is 30.3 Å². The van der Waals surface area contributed by atoms with Crippen LogP contribution in [0.15, 0.2) is 42.5 Å². The SMILES string of the molecule is COC(=O)c1ccc(Oc2ccc(NC(=O)[C@H]3CCCO3)cc2)cc1C(=O)OC. The number of hydrogen-bond donors (Lipinski definition) is 1. The predicted molar refractivity (Wildman–Crippen MR) is 103 cm³/mol. The van der Waals surface area contributed by atoms with Crippen molar-refractivity contribution in [1.82, 2.24) is 0 Å². The largest absolute Gasteiger partial charge is 0.465 e. The van der Waals surface area contributed by atoms with Crippen molar-refractivity contribution < 1.29 is 33.3 Å². The van der Waals surface area contributed by atoms with Crippen molar-refractivity contribution in [1.29, 1.82) is 0 Å². The molecule has 1 heterocycles. The highest BCUT2D eigenvalue weighted by molar-refractivity contribution is 6.03. The van der Waals surface area contributed by atoms with E-state index < -0.39 is 18.0 Å². The van der Waals surface area contributed by atoms with Gasteiger partial charge in [-0.15, -0.1) is 0 Å². The molecule has 8 heteroatoms. The van der Waals surface area contributed by atoms with Gasteiger partial charge in [0.1, 0.15) is 17.6 Å². The summed E-state index contributed by atoms with van der Waals surface area (Å²) in [6.45, 7) is 0.604. The molecule has 1 aliphatic rings. The summed E-state index contributed by atoms with van der Waals surface area (Å²) in [6, 6.07) is 11.1. The maximum atomic E-state index is 12.1. The molecule has 8 nitrogen and oxygen atoms in total. The molecule has 0 aliphatic carbocycles. The van der Waals surface area contributed by atoms with Gasteiger partial charge in [0.05, 0.1) is 25.3 Å². The van der Waals surface area contributed by atoms with E-state index in [-0.39, 0.29) is 17.0 Å². The molecule has 1 amide bonds. The number of carbonyl (C=O) groups is 3. The van der Waals surface area contributed by atoms with Crippen molar-refractivity contribution in [3.8, 4) is 11.5 Å². The first kappa shape index (κ1) is 20.3. The average molecular weight is 399 g/mol. The zero-order valence-corrected chi connectivity index (χ0v) is 16.1. The second-order valence-corrected chi connectivity index (χ2v) is 6.31. The normalized spacial score (nSPS) is 15.4. The topological polar surface area (TPSA) is 100 Å². The van der Waals surface area contributed by atoms with E-state index in [4.69, 9.17) is 14.2 Å². The molecule has 1 aliphatic heterocycles. The predicted octanol–water partition coefficient (Wildman–Crippen LogP) is 3.17. The van der Waals surface area contributed by atoms with Gasteiger partial charge in [-0.1, -0.05) is 0 Å². The Morgan fingerprint density at radius 1 is 0.931 bits per heavy atom. The van der Waals surface area contributed by atoms with Crippen LogP contribution in [0.1, 0.15) is 33.6 Å². The molecule has 1 N–H and O–H groups in total. The monoisotopic (exact) mass is 399 g/mol. The van der Waals surface area contributed by atoms with E-state index in [1.165, 1.54) is 26.4 Å². The molecule has 2 aromatic rings. The fraction of sp³-hybridized carbons (Fsp3) is 0.286. The first-order valence-electron chi connectivity index (χ1n) is 9.03. The fourth-order valence-corrected chi connectivity index (χ4v) is 2.90. The van der Waals surface area contributed by atoms with Crippen LogP contribution in [0.4, 0.5) is 5.69 Å². The number of methoxy groups -OCH3 is 2. The van der Waals surface area contributed by atoms with Gasteiger partial charge in [-0.2, -0.15) is 0 Å². The van der Waals surface area contributed by atoms with Gasteiger partial charge in [-0.05, 0) is 55.3 Å². The Bertz CT molecular complexity index is 902. The Balaban J connectivity index is 1.71. The first-order valence-corrected chi connectivity index (χ1v) is 9.03. The number of carbonyl (C=O) groups excluding carboxylic acids is 3. The number of benzene rings is 2. The molecule has 0 bridgehead atoms. The summed E-state index contributed by atoms with van der Waals surface area (Å²) in [6.07, 6.45) is 1.20. The molecule has 0 spiro atoms. The molecular formula is C21H21NO7. The summed E-state index contributed by atoms with van der Waals surface area (Å²) in [5.41, 5.74) is 0.741. The number of anilines is 1.